The SMILES string of the molecule is CCSC1CCC(NS(=O)(=O)c2cc(Br)sc2C)C1. The molecule has 2 rings (SSSR count). The molecule has 0 aliphatic heterocycles. The summed E-state index contributed by atoms with van der Waals surface area (Å²) in [5.74, 6) is 1.10. The molecule has 0 aromatic carbocycles. The molecular formula is C12H18BrNO2S3. The average Bonchev–Trinajstić information content (AvgIpc) is 2.86. The Hall–Kier alpha value is 0.440. The molecule has 0 radical (unpaired) electrons. The minimum Gasteiger partial charge on any atom is -0.208 e. The fourth-order valence-electron chi connectivity index (χ4n) is 2.41. The van der Waals surface area contributed by atoms with E-state index in [1.807, 2.05) is 18.7 Å². The third kappa shape index (κ3) is 3.97. The molecular weight excluding hydrogens is 366 g/mol. The van der Waals surface area contributed by atoms with Gasteiger partial charge in [-0.3, -0.25) is 0 Å². The Kier molecular flexibility index (Phi) is 5.39. The number of hydrogen-bond donors (Lipinski definition) is 1. The van der Waals surface area contributed by atoms with E-state index in [0.29, 0.717) is 10.1 Å². The second-order valence-corrected chi connectivity index (χ2v) is 10.6. The predicted molar refractivity (Wildman–Crippen MR) is 86.6 cm³/mol. The number of hydrogen-bond acceptors (Lipinski definition) is 4. The molecule has 7 heteroatoms. The van der Waals surface area contributed by atoms with Crippen LogP contribution in [0.3, 0.4) is 0 Å². The topological polar surface area (TPSA) is 46.2 Å². The lowest BCUT2D eigenvalue weighted by Gasteiger charge is -2.13. The number of halogens is 1. The van der Waals surface area contributed by atoms with E-state index in [1.54, 1.807) is 6.07 Å². The first kappa shape index (κ1) is 15.8. The van der Waals surface area contributed by atoms with Gasteiger partial charge in [0, 0.05) is 16.2 Å². The quantitative estimate of drug-likeness (QED) is 0.841. The second-order valence-electron chi connectivity index (χ2n) is 4.68. The monoisotopic (exact) mass is 383 g/mol. The van der Waals surface area contributed by atoms with Crippen LogP contribution in [0.2, 0.25) is 0 Å². The molecule has 3 nitrogen and oxygen atoms in total. The van der Waals surface area contributed by atoms with E-state index in [2.05, 4.69) is 27.6 Å². The summed E-state index contributed by atoms with van der Waals surface area (Å²) in [7, 11) is -3.37. The first-order valence-electron chi connectivity index (χ1n) is 6.32. The summed E-state index contributed by atoms with van der Waals surface area (Å²) >= 11 is 6.73. The zero-order chi connectivity index (χ0) is 14.0. The molecule has 1 heterocycles. The van der Waals surface area contributed by atoms with Crippen molar-refractivity contribution in [3.05, 3.63) is 14.7 Å². The van der Waals surface area contributed by atoms with Crippen LogP contribution in [-0.2, 0) is 10.0 Å². The molecule has 0 bridgehead atoms. The largest absolute Gasteiger partial charge is 0.241 e. The molecule has 1 N–H and O–H groups in total. The van der Waals surface area contributed by atoms with E-state index in [1.165, 1.54) is 11.3 Å². The van der Waals surface area contributed by atoms with Gasteiger partial charge in [0.15, 0.2) is 0 Å². The third-order valence-electron chi connectivity index (χ3n) is 3.24. The highest BCUT2D eigenvalue weighted by molar-refractivity contribution is 9.11. The number of thioether (sulfide) groups is 1. The molecule has 0 spiro atoms. The summed E-state index contributed by atoms with van der Waals surface area (Å²) in [5, 5.41) is 0.605. The molecule has 0 saturated heterocycles. The van der Waals surface area contributed by atoms with Crippen molar-refractivity contribution in [3.8, 4) is 0 Å². The lowest BCUT2D eigenvalue weighted by molar-refractivity contribution is 0.552. The van der Waals surface area contributed by atoms with Crippen LogP contribution in [0, 0.1) is 6.92 Å². The summed E-state index contributed by atoms with van der Waals surface area (Å²) < 4.78 is 28.4. The molecule has 108 valence electrons. The Bertz CT molecular complexity index is 541. The van der Waals surface area contributed by atoms with Crippen molar-refractivity contribution >= 4 is 49.1 Å². The van der Waals surface area contributed by atoms with E-state index in [9.17, 15) is 8.42 Å². The molecule has 1 saturated carbocycles. The number of thiophene rings is 1. The van der Waals surface area contributed by atoms with Gasteiger partial charge >= 0.3 is 0 Å². The smallest absolute Gasteiger partial charge is 0.208 e. The van der Waals surface area contributed by atoms with Crippen molar-refractivity contribution in [2.75, 3.05) is 5.75 Å². The molecule has 19 heavy (non-hydrogen) atoms. The van der Waals surface area contributed by atoms with Crippen molar-refractivity contribution in [2.45, 2.75) is 49.3 Å². The number of aryl methyl sites for hydroxylation is 1. The van der Waals surface area contributed by atoms with E-state index >= 15 is 0 Å². The van der Waals surface area contributed by atoms with Crippen LogP contribution in [0.25, 0.3) is 0 Å². The van der Waals surface area contributed by atoms with Gasteiger partial charge in [0.25, 0.3) is 0 Å². The Morgan fingerprint density at radius 1 is 1.53 bits per heavy atom. The molecule has 1 aliphatic carbocycles. The van der Waals surface area contributed by atoms with Gasteiger partial charge in [-0.1, -0.05) is 6.92 Å². The molecule has 1 aromatic rings. The van der Waals surface area contributed by atoms with Crippen LogP contribution in [0.4, 0.5) is 0 Å². The second kappa shape index (κ2) is 6.47. The zero-order valence-electron chi connectivity index (χ0n) is 11.0. The van der Waals surface area contributed by atoms with Crippen LogP contribution in [-0.4, -0.2) is 25.5 Å². The number of rotatable bonds is 5. The Balaban J connectivity index is 2.05. The van der Waals surface area contributed by atoms with Crippen LogP contribution in [0.1, 0.15) is 31.1 Å². The Morgan fingerprint density at radius 2 is 2.26 bits per heavy atom. The lowest BCUT2D eigenvalue weighted by Crippen LogP contribution is -2.33. The summed E-state index contributed by atoms with van der Waals surface area (Å²) in [6, 6.07) is 1.78. The van der Waals surface area contributed by atoms with Crippen molar-refractivity contribution in [1.82, 2.24) is 4.72 Å². The predicted octanol–water partition coefficient (Wildman–Crippen LogP) is 3.77. The maximum Gasteiger partial charge on any atom is 0.241 e. The summed E-state index contributed by atoms with van der Waals surface area (Å²) in [5.41, 5.74) is 0. The first-order chi connectivity index (χ1) is 8.92. The summed E-state index contributed by atoms with van der Waals surface area (Å²) in [6.07, 6.45) is 3.00. The van der Waals surface area contributed by atoms with E-state index in [4.69, 9.17) is 0 Å². The molecule has 1 fully saturated rings. The van der Waals surface area contributed by atoms with Gasteiger partial charge in [-0.15, -0.1) is 11.3 Å². The maximum atomic E-state index is 12.4. The molecule has 1 aromatic heterocycles. The van der Waals surface area contributed by atoms with E-state index in [0.717, 1.165) is 33.7 Å². The number of nitrogens with one attached hydrogen (secondary N) is 1. The summed E-state index contributed by atoms with van der Waals surface area (Å²) in [4.78, 5) is 1.24. The Labute approximate surface area is 131 Å². The van der Waals surface area contributed by atoms with Gasteiger partial charge in [0.1, 0.15) is 0 Å². The van der Waals surface area contributed by atoms with Gasteiger partial charge in [0.05, 0.1) is 8.68 Å². The highest BCUT2D eigenvalue weighted by atomic mass is 79.9. The van der Waals surface area contributed by atoms with Crippen LogP contribution < -0.4 is 4.72 Å². The molecule has 2 unspecified atom stereocenters. The van der Waals surface area contributed by atoms with Crippen LogP contribution in [0.15, 0.2) is 14.7 Å². The highest BCUT2D eigenvalue weighted by Gasteiger charge is 2.29. The minimum absolute atomic E-state index is 0.0899. The fourth-order valence-corrected chi connectivity index (χ4v) is 7.25. The zero-order valence-corrected chi connectivity index (χ0v) is 15.0. The minimum atomic E-state index is -3.37. The summed E-state index contributed by atoms with van der Waals surface area (Å²) in [6.45, 7) is 3.99. The Morgan fingerprint density at radius 3 is 2.84 bits per heavy atom. The van der Waals surface area contributed by atoms with Crippen molar-refractivity contribution < 1.29 is 8.42 Å². The maximum absolute atomic E-state index is 12.4. The molecule has 0 amide bonds. The van der Waals surface area contributed by atoms with Crippen molar-refractivity contribution in [1.29, 1.82) is 0 Å². The van der Waals surface area contributed by atoms with Gasteiger partial charge in [-0.25, -0.2) is 13.1 Å². The lowest BCUT2D eigenvalue weighted by atomic mass is 10.3. The third-order valence-corrected chi connectivity index (χ3v) is 7.80. The van der Waals surface area contributed by atoms with E-state index in [-0.39, 0.29) is 6.04 Å². The normalized spacial score (nSPS) is 23.9. The fraction of sp³-hybridized carbons (Fsp3) is 0.667. The average molecular weight is 384 g/mol. The van der Waals surface area contributed by atoms with Crippen molar-refractivity contribution in [2.24, 2.45) is 0 Å². The van der Waals surface area contributed by atoms with Gasteiger partial charge in [-0.2, -0.15) is 11.8 Å². The first-order valence-corrected chi connectivity index (χ1v) is 10.5. The van der Waals surface area contributed by atoms with Crippen LogP contribution in [0.5, 0.6) is 0 Å². The standard InChI is InChI=1S/C12H18BrNO2S3/c1-3-17-10-5-4-9(6-10)14-19(15,16)11-7-12(13)18-8(11)2/h7,9-10,14H,3-6H2,1-2H3. The number of sulfonamides is 1. The molecule has 1 aliphatic rings. The van der Waals surface area contributed by atoms with E-state index < -0.39 is 10.0 Å². The van der Waals surface area contributed by atoms with Gasteiger partial charge in [0.2, 0.25) is 10.0 Å². The van der Waals surface area contributed by atoms with Gasteiger partial charge in [-0.05, 0) is 53.9 Å². The van der Waals surface area contributed by atoms with Crippen molar-refractivity contribution in [3.63, 3.8) is 0 Å². The van der Waals surface area contributed by atoms with Crippen LogP contribution >= 0.6 is 39.0 Å². The molecule has 2 atom stereocenters. The highest BCUT2D eigenvalue weighted by Crippen LogP contribution is 2.33. The van der Waals surface area contributed by atoms with Gasteiger partial charge < -0.3 is 0 Å².